The number of hydrogen-bond donors (Lipinski definition) is 0. The lowest BCUT2D eigenvalue weighted by atomic mass is 10.0. The maximum atomic E-state index is 11.0. The molecule has 2 nitrogen and oxygen atoms in total. The maximum absolute atomic E-state index is 11.0. The molecule has 0 unspecified atom stereocenters. The average molecular weight is 341 g/mol. The summed E-state index contributed by atoms with van der Waals surface area (Å²) >= 11 is 2.23. The van der Waals surface area contributed by atoms with Gasteiger partial charge >= 0.3 is 5.97 Å². The number of allylic oxidation sites excluding steroid dienone is 2. The van der Waals surface area contributed by atoms with E-state index in [4.69, 9.17) is 0 Å². The van der Waals surface area contributed by atoms with E-state index < -0.39 is 0 Å². The molecule has 0 N–H and O–H groups in total. The van der Waals surface area contributed by atoms with Gasteiger partial charge in [-0.2, -0.15) is 11.8 Å². The molecular formula is C20H36O2S. The van der Waals surface area contributed by atoms with Gasteiger partial charge in [0.15, 0.2) is 0 Å². The van der Waals surface area contributed by atoms with E-state index in [0.717, 1.165) is 24.0 Å². The highest BCUT2D eigenvalue weighted by atomic mass is 32.2. The van der Waals surface area contributed by atoms with Crippen molar-refractivity contribution in [1.82, 2.24) is 0 Å². The topological polar surface area (TPSA) is 26.3 Å². The van der Waals surface area contributed by atoms with E-state index in [1.165, 1.54) is 70.7 Å². The molecule has 1 aliphatic carbocycles. The van der Waals surface area contributed by atoms with Gasteiger partial charge in [0.1, 0.15) is 0 Å². The van der Waals surface area contributed by atoms with Gasteiger partial charge in [-0.25, -0.2) is 0 Å². The zero-order valence-electron chi connectivity index (χ0n) is 15.2. The third kappa shape index (κ3) is 10.1. The summed E-state index contributed by atoms with van der Waals surface area (Å²) in [5.74, 6) is 2.14. The van der Waals surface area contributed by atoms with Gasteiger partial charge in [-0.05, 0) is 50.2 Å². The number of ether oxygens (including phenoxy) is 1. The Morgan fingerprint density at radius 1 is 1.13 bits per heavy atom. The Morgan fingerprint density at radius 3 is 2.74 bits per heavy atom. The highest BCUT2D eigenvalue weighted by Gasteiger charge is 2.26. The van der Waals surface area contributed by atoms with Crippen LogP contribution in [-0.2, 0) is 9.53 Å². The monoisotopic (exact) mass is 340 g/mol. The van der Waals surface area contributed by atoms with Crippen LogP contribution in [0.3, 0.4) is 0 Å². The summed E-state index contributed by atoms with van der Waals surface area (Å²) < 4.78 is 4.65. The van der Waals surface area contributed by atoms with Crippen LogP contribution in [0, 0.1) is 5.92 Å². The molecule has 1 saturated carbocycles. The summed E-state index contributed by atoms with van der Waals surface area (Å²) in [4.78, 5) is 11.0. The van der Waals surface area contributed by atoms with Gasteiger partial charge in [0.2, 0.25) is 0 Å². The molecule has 0 aromatic rings. The van der Waals surface area contributed by atoms with Crippen LogP contribution in [0.5, 0.6) is 0 Å². The molecule has 0 spiro atoms. The minimum atomic E-state index is -0.0930. The number of esters is 1. The highest BCUT2D eigenvalue weighted by Crippen LogP contribution is 2.37. The van der Waals surface area contributed by atoms with Crippen molar-refractivity contribution in [2.45, 2.75) is 89.2 Å². The van der Waals surface area contributed by atoms with E-state index in [9.17, 15) is 4.79 Å². The Morgan fingerprint density at radius 2 is 1.96 bits per heavy atom. The molecule has 134 valence electrons. The average Bonchev–Trinajstić information content (AvgIpc) is 3.01. The fraction of sp³-hybridized carbons (Fsp3) is 0.850. The van der Waals surface area contributed by atoms with E-state index in [2.05, 4.69) is 35.6 Å². The lowest BCUT2D eigenvalue weighted by molar-refractivity contribution is -0.140. The van der Waals surface area contributed by atoms with Gasteiger partial charge in [0.25, 0.3) is 0 Å². The minimum absolute atomic E-state index is 0.0930. The molecule has 0 aromatic carbocycles. The molecular weight excluding hydrogens is 304 g/mol. The Hall–Kier alpha value is -0.440. The molecule has 2 atom stereocenters. The molecule has 0 amide bonds. The number of carbonyl (C=O) groups is 1. The lowest BCUT2D eigenvalue weighted by Gasteiger charge is -2.17. The van der Waals surface area contributed by atoms with Crippen LogP contribution in [0.2, 0.25) is 0 Å². The van der Waals surface area contributed by atoms with Gasteiger partial charge in [-0.1, -0.05) is 51.2 Å². The van der Waals surface area contributed by atoms with Gasteiger partial charge in [0, 0.05) is 11.7 Å². The van der Waals surface area contributed by atoms with Crippen molar-refractivity contribution in [3.63, 3.8) is 0 Å². The first-order valence-corrected chi connectivity index (χ1v) is 10.7. The SMILES string of the molecule is CCCCCCCS[C@H]1CCC[C@@H]1CC=CCCCC(=O)OC. The van der Waals surface area contributed by atoms with Crippen molar-refractivity contribution in [1.29, 1.82) is 0 Å². The molecule has 1 aliphatic rings. The van der Waals surface area contributed by atoms with Crippen LogP contribution in [0.1, 0.15) is 84.0 Å². The van der Waals surface area contributed by atoms with Crippen molar-refractivity contribution in [3.8, 4) is 0 Å². The summed E-state index contributed by atoms with van der Waals surface area (Å²) in [6.07, 6.45) is 19.5. The molecule has 0 aliphatic heterocycles. The van der Waals surface area contributed by atoms with Gasteiger partial charge in [-0.3, -0.25) is 4.79 Å². The Labute approximate surface area is 147 Å². The number of unbranched alkanes of at least 4 members (excludes halogenated alkanes) is 5. The van der Waals surface area contributed by atoms with Crippen molar-refractivity contribution >= 4 is 17.7 Å². The second-order valence-corrected chi connectivity index (χ2v) is 8.04. The van der Waals surface area contributed by atoms with E-state index in [1.54, 1.807) is 0 Å². The van der Waals surface area contributed by atoms with Crippen LogP contribution in [0.15, 0.2) is 12.2 Å². The van der Waals surface area contributed by atoms with Crippen molar-refractivity contribution in [2.75, 3.05) is 12.9 Å². The van der Waals surface area contributed by atoms with Crippen LogP contribution in [-0.4, -0.2) is 24.1 Å². The van der Waals surface area contributed by atoms with Crippen molar-refractivity contribution in [2.24, 2.45) is 5.92 Å². The molecule has 0 aromatic heterocycles. The van der Waals surface area contributed by atoms with E-state index >= 15 is 0 Å². The van der Waals surface area contributed by atoms with Crippen LogP contribution < -0.4 is 0 Å². The summed E-state index contributed by atoms with van der Waals surface area (Å²) in [5.41, 5.74) is 0. The maximum Gasteiger partial charge on any atom is 0.305 e. The molecule has 23 heavy (non-hydrogen) atoms. The quantitative estimate of drug-likeness (QED) is 0.228. The van der Waals surface area contributed by atoms with E-state index in [1.807, 2.05) is 0 Å². The fourth-order valence-corrected chi connectivity index (χ4v) is 4.81. The van der Waals surface area contributed by atoms with Gasteiger partial charge in [0.05, 0.1) is 7.11 Å². The molecule has 1 rings (SSSR count). The first-order valence-electron chi connectivity index (χ1n) is 9.61. The second-order valence-electron chi connectivity index (χ2n) is 6.69. The summed E-state index contributed by atoms with van der Waals surface area (Å²) in [5, 5.41) is 0.890. The normalized spacial score (nSPS) is 21.1. The number of carbonyl (C=O) groups excluding carboxylic acids is 1. The van der Waals surface area contributed by atoms with Crippen LogP contribution >= 0.6 is 11.8 Å². The Kier molecular flexibility index (Phi) is 12.5. The third-order valence-corrected chi connectivity index (χ3v) is 6.33. The fourth-order valence-electron chi connectivity index (χ4n) is 3.29. The predicted octanol–water partition coefficient (Wildman–Crippen LogP) is 6.15. The predicted molar refractivity (Wildman–Crippen MR) is 102 cm³/mol. The molecule has 1 fully saturated rings. The second kappa shape index (κ2) is 13.9. The first kappa shape index (κ1) is 20.6. The van der Waals surface area contributed by atoms with Crippen molar-refractivity contribution < 1.29 is 9.53 Å². The first-order chi connectivity index (χ1) is 11.3. The van der Waals surface area contributed by atoms with Crippen LogP contribution in [0.25, 0.3) is 0 Å². The summed E-state index contributed by atoms with van der Waals surface area (Å²) in [6, 6.07) is 0. The molecule has 0 bridgehead atoms. The zero-order valence-corrected chi connectivity index (χ0v) is 16.0. The number of thioether (sulfide) groups is 1. The molecule has 0 saturated heterocycles. The molecule has 0 radical (unpaired) electrons. The molecule has 3 heteroatoms. The van der Waals surface area contributed by atoms with Crippen LogP contribution in [0.4, 0.5) is 0 Å². The van der Waals surface area contributed by atoms with E-state index in [0.29, 0.717) is 6.42 Å². The lowest BCUT2D eigenvalue weighted by Crippen LogP contribution is -2.10. The number of methoxy groups -OCH3 is 1. The zero-order chi connectivity index (χ0) is 16.8. The smallest absolute Gasteiger partial charge is 0.305 e. The highest BCUT2D eigenvalue weighted by molar-refractivity contribution is 7.99. The Balaban J connectivity index is 2.07. The number of rotatable bonds is 13. The standard InChI is InChI=1S/C20H36O2S/c1-3-4-5-8-11-17-23-19-15-12-14-18(19)13-9-6-7-10-16-20(21)22-2/h6,9,18-19H,3-5,7-8,10-17H2,1-2H3/t18-,19-/m0/s1. The van der Waals surface area contributed by atoms with Gasteiger partial charge in [-0.15, -0.1) is 0 Å². The summed E-state index contributed by atoms with van der Waals surface area (Å²) in [7, 11) is 1.46. The largest absolute Gasteiger partial charge is 0.469 e. The third-order valence-electron chi connectivity index (χ3n) is 4.75. The van der Waals surface area contributed by atoms with Gasteiger partial charge < -0.3 is 4.74 Å². The van der Waals surface area contributed by atoms with Crippen molar-refractivity contribution in [3.05, 3.63) is 12.2 Å². The number of hydrogen-bond acceptors (Lipinski definition) is 3. The molecule has 0 heterocycles. The summed E-state index contributed by atoms with van der Waals surface area (Å²) in [6.45, 7) is 2.28. The minimum Gasteiger partial charge on any atom is -0.469 e. The van der Waals surface area contributed by atoms with E-state index in [-0.39, 0.29) is 5.97 Å². The Bertz CT molecular complexity index is 328.